The van der Waals surface area contributed by atoms with E-state index in [0.717, 1.165) is 44.0 Å². The van der Waals surface area contributed by atoms with Gasteiger partial charge in [0.05, 0.1) is 30.3 Å². The lowest BCUT2D eigenvalue weighted by Gasteiger charge is -2.41. The third-order valence-corrected chi connectivity index (χ3v) is 7.10. The smallest absolute Gasteiger partial charge is 0.164 e. The Bertz CT molecular complexity index is 1030. The Balaban J connectivity index is 1.24. The van der Waals surface area contributed by atoms with Crippen LogP contribution in [0.4, 0.5) is 11.6 Å². The molecule has 2 aliphatic heterocycles. The lowest BCUT2D eigenvalue weighted by molar-refractivity contribution is 0.170. The number of rotatable bonds is 3. The molecular formula is C18H20ClN9S. The molecule has 0 aliphatic carbocycles. The fraction of sp³-hybridized carbons (Fsp3) is 0.389. The fourth-order valence-electron chi connectivity index (χ4n) is 4.16. The van der Waals surface area contributed by atoms with Crippen LogP contribution in [0.15, 0.2) is 40.9 Å². The number of anilines is 2. The first-order valence-corrected chi connectivity index (χ1v) is 10.5. The van der Waals surface area contributed by atoms with Gasteiger partial charge in [-0.15, -0.1) is 0 Å². The average molecular weight is 430 g/mol. The van der Waals surface area contributed by atoms with E-state index in [-0.39, 0.29) is 22.4 Å². The van der Waals surface area contributed by atoms with Gasteiger partial charge in [-0.25, -0.2) is 19.9 Å². The largest absolute Gasteiger partial charge is 0.382 e. The van der Waals surface area contributed by atoms with Crippen LogP contribution in [0.5, 0.6) is 0 Å². The predicted molar refractivity (Wildman–Crippen MR) is 111 cm³/mol. The fourth-order valence-corrected chi connectivity index (χ4v) is 5.07. The van der Waals surface area contributed by atoms with Crippen LogP contribution in [0.1, 0.15) is 24.6 Å². The molecule has 2 aliphatic rings. The summed E-state index contributed by atoms with van der Waals surface area (Å²) >= 11 is 7.39. The van der Waals surface area contributed by atoms with E-state index in [1.54, 1.807) is 12.4 Å². The van der Waals surface area contributed by atoms with E-state index < -0.39 is 0 Å². The summed E-state index contributed by atoms with van der Waals surface area (Å²) < 4.78 is 2.05. The molecule has 11 heteroatoms. The second kappa shape index (κ2) is 7.12. The summed E-state index contributed by atoms with van der Waals surface area (Å²) in [5.41, 5.74) is 13.4. The summed E-state index contributed by atoms with van der Waals surface area (Å²) in [6, 6.07) is 2.08. The van der Waals surface area contributed by atoms with Crippen molar-refractivity contribution in [3.63, 3.8) is 0 Å². The molecule has 1 spiro atoms. The number of hydrogen-bond donors (Lipinski definition) is 2. The van der Waals surface area contributed by atoms with Crippen molar-refractivity contribution in [3.8, 4) is 0 Å². The number of nitrogen functional groups attached to an aromatic ring is 1. The highest BCUT2D eigenvalue weighted by Crippen LogP contribution is 2.47. The molecule has 150 valence electrons. The molecule has 0 unspecified atom stereocenters. The van der Waals surface area contributed by atoms with Gasteiger partial charge >= 0.3 is 0 Å². The molecule has 0 amide bonds. The van der Waals surface area contributed by atoms with Gasteiger partial charge in [-0.05, 0) is 30.7 Å². The quantitative estimate of drug-likeness (QED) is 0.643. The van der Waals surface area contributed by atoms with Gasteiger partial charge in [-0.1, -0.05) is 11.6 Å². The summed E-state index contributed by atoms with van der Waals surface area (Å²) in [5, 5.41) is 5.91. The van der Waals surface area contributed by atoms with Crippen molar-refractivity contribution < 1.29 is 0 Å². The first-order valence-electron chi connectivity index (χ1n) is 9.34. The second-order valence-electron chi connectivity index (χ2n) is 7.45. The van der Waals surface area contributed by atoms with Crippen LogP contribution in [0.25, 0.3) is 0 Å². The normalized spacial score (nSPS) is 20.2. The highest BCUT2D eigenvalue weighted by Gasteiger charge is 2.46. The molecule has 3 aromatic rings. The molecule has 1 saturated heterocycles. The van der Waals surface area contributed by atoms with E-state index in [0.29, 0.717) is 10.1 Å². The van der Waals surface area contributed by atoms with Crippen molar-refractivity contribution in [2.45, 2.75) is 35.5 Å². The van der Waals surface area contributed by atoms with E-state index in [4.69, 9.17) is 23.1 Å². The zero-order valence-electron chi connectivity index (χ0n) is 15.6. The summed E-state index contributed by atoms with van der Waals surface area (Å²) in [7, 11) is 0. The Kier molecular flexibility index (Phi) is 4.56. The van der Waals surface area contributed by atoms with Gasteiger partial charge < -0.3 is 16.4 Å². The predicted octanol–water partition coefficient (Wildman–Crippen LogP) is 2.15. The van der Waals surface area contributed by atoms with Crippen molar-refractivity contribution in [3.05, 3.63) is 41.7 Å². The Morgan fingerprint density at radius 2 is 1.97 bits per heavy atom. The van der Waals surface area contributed by atoms with E-state index >= 15 is 0 Å². The summed E-state index contributed by atoms with van der Waals surface area (Å²) in [4.78, 5) is 19.5. The molecule has 9 nitrogen and oxygen atoms in total. The SMILES string of the molecule is Nc1cnc(Sc2cnc(N3CCC4(CC3)Cn3nccc3[C@H]4N)cn2)c(Cl)n1. The number of piperidine rings is 1. The van der Waals surface area contributed by atoms with Crippen molar-refractivity contribution in [1.82, 2.24) is 29.7 Å². The van der Waals surface area contributed by atoms with E-state index in [2.05, 4.69) is 34.6 Å². The molecule has 0 aromatic carbocycles. The van der Waals surface area contributed by atoms with Crippen LogP contribution in [0.2, 0.25) is 5.15 Å². The van der Waals surface area contributed by atoms with Gasteiger partial charge in [0.15, 0.2) is 5.15 Å². The molecular weight excluding hydrogens is 410 g/mol. The van der Waals surface area contributed by atoms with Crippen molar-refractivity contribution in [2.75, 3.05) is 23.7 Å². The summed E-state index contributed by atoms with van der Waals surface area (Å²) in [6.45, 7) is 2.69. The van der Waals surface area contributed by atoms with Crippen molar-refractivity contribution in [1.29, 1.82) is 0 Å². The van der Waals surface area contributed by atoms with E-state index in [1.807, 2.05) is 12.3 Å². The molecule has 0 saturated carbocycles. The first kappa shape index (κ1) is 18.6. The van der Waals surface area contributed by atoms with Crippen LogP contribution < -0.4 is 16.4 Å². The van der Waals surface area contributed by atoms with Crippen LogP contribution in [-0.4, -0.2) is 42.8 Å². The van der Waals surface area contributed by atoms with Crippen molar-refractivity contribution >= 4 is 35.0 Å². The maximum absolute atomic E-state index is 6.56. The molecule has 29 heavy (non-hydrogen) atoms. The van der Waals surface area contributed by atoms with Crippen LogP contribution in [0.3, 0.4) is 0 Å². The van der Waals surface area contributed by atoms with Crippen LogP contribution >= 0.6 is 23.4 Å². The molecule has 0 radical (unpaired) electrons. The molecule has 1 fully saturated rings. The van der Waals surface area contributed by atoms with Gasteiger partial charge in [-0.2, -0.15) is 5.10 Å². The molecule has 3 aromatic heterocycles. The van der Waals surface area contributed by atoms with Crippen molar-refractivity contribution in [2.24, 2.45) is 11.1 Å². The number of hydrogen-bond acceptors (Lipinski definition) is 9. The summed E-state index contributed by atoms with van der Waals surface area (Å²) in [6.07, 6.45) is 8.84. The Morgan fingerprint density at radius 3 is 2.66 bits per heavy atom. The maximum atomic E-state index is 6.56. The molecule has 4 N–H and O–H groups in total. The minimum absolute atomic E-state index is 0.0442. The highest BCUT2D eigenvalue weighted by atomic mass is 35.5. The van der Waals surface area contributed by atoms with Gasteiger partial charge in [0.2, 0.25) is 0 Å². The van der Waals surface area contributed by atoms with E-state index in [1.165, 1.54) is 18.0 Å². The number of nitrogens with zero attached hydrogens (tertiary/aromatic N) is 7. The topological polar surface area (TPSA) is 125 Å². The standard InChI is InChI=1S/C18H20ClN9S/c19-16-17(24-7-12(20)26-16)29-14-9-22-13(8-23-14)27-5-2-18(3-6-27)10-28-11(15(18)21)1-4-25-28/h1,4,7-9,15H,2-3,5-6,10,21H2,(H2,20,26)/t15-/m1/s1. The molecule has 0 bridgehead atoms. The minimum atomic E-state index is 0.0442. The highest BCUT2D eigenvalue weighted by molar-refractivity contribution is 7.99. The van der Waals surface area contributed by atoms with Crippen LogP contribution in [0, 0.1) is 5.41 Å². The van der Waals surface area contributed by atoms with Gasteiger partial charge in [0.25, 0.3) is 0 Å². The van der Waals surface area contributed by atoms with Gasteiger partial charge in [0, 0.05) is 31.2 Å². The lowest BCUT2D eigenvalue weighted by atomic mass is 9.73. The third-order valence-electron chi connectivity index (χ3n) is 5.81. The zero-order chi connectivity index (χ0) is 20.0. The van der Waals surface area contributed by atoms with Crippen LogP contribution in [-0.2, 0) is 6.54 Å². The number of fused-ring (bicyclic) bond motifs is 1. The Hall–Kier alpha value is -2.43. The first-order chi connectivity index (χ1) is 14.0. The molecule has 1 atom stereocenters. The van der Waals surface area contributed by atoms with Gasteiger partial charge in [-0.3, -0.25) is 4.68 Å². The Morgan fingerprint density at radius 1 is 1.14 bits per heavy atom. The second-order valence-corrected chi connectivity index (χ2v) is 8.81. The summed E-state index contributed by atoms with van der Waals surface area (Å²) in [5.74, 6) is 1.15. The third kappa shape index (κ3) is 3.30. The maximum Gasteiger partial charge on any atom is 0.164 e. The lowest BCUT2D eigenvalue weighted by Crippen LogP contribution is -2.45. The monoisotopic (exact) mass is 429 g/mol. The minimum Gasteiger partial charge on any atom is -0.382 e. The number of nitrogens with two attached hydrogens (primary N) is 2. The zero-order valence-corrected chi connectivity index (χ0v) is 17.1. The molecule has 5 heterocycles. The molecule has 5 rings (SSSR count). The average Bonchev–Trinajstić information content (AvgIpc) is 3.27. The number of halogens is 1. The van der Waals surface area contributed by atoms with E-state index in [9.17, 15) is 0 Å². The number of aromatic nitrogens is 6. The Labute approximate surface area is 176 Å². The van der Waals surface area contributed by atoms with Gasteiger partial charge in [0.1, 0.15) is 21.7 Å².